The number of nitrogens with two attached hydrogens (primary N) is 1. The number of anilines is 1. The predicted molar refractivity (Wildman–Crippen MR) is 35.6 cm³/mol. The average molecular weight is 109 g/mol. The van der Waals surface area contributed by atoms with Crippen molar-refractivity contribution in [2.24, 2.45) is 0 Å². The van der Waals surface area contributed by atoms with Crippen molar-refractivity contribution >= 4 is 5.69 Å². The third kappa shape index (κ3) is 0.808. The van der Waals surface area contributed by atoms with Gasteiger partial charge >= 0.3 is 0 Å². The standard InChI is InChI=1S/C7H9N/c1-6-4-2-3-5-7(6)8/h2-5H,8H2,1H3/i/hD2. The number of para-hydroxylation sites is 1. The first-order valence-electron chi connectivity index (χ1n) is 3.45. The Bertz CT molecular complexity index is 223. The molecule has 2 N–H and O–H groups in total. The normalized spacial score (nSPS) is 12.1. The van der Waals surface area contributed by atoms with Crippen molar-refractivity contribution in [2.75, 3.05) is 5.72 Å². The Morgan fingerprint density at radius 3 is 2.75 bits per heavy atom. The van der Waals surface area contributed by atoms with Gasteiger partial charge in [-0.25, -0.2) is 0 Å². The van der Waals surface area contributed by atoms with E-state index in [1.165, 1.54) is 0 Å². The summed E-state index contributed by atoms with van der Waals surface area (Å²) in [6.45, 7) is 1.88. The molecule has 42 valence electrons. The smallest absolute Gasteiger partial charge is 0.156 e. The largest absolute Gasteiger partial charge is 0.399 e. The first-order valence-corrected chi connectivity index (χ1v) is 2.55. The Labute approximate surface area is 52.1 Å². The van der Waals surface area contributed by atoms with Gasteiger partial charge in [-0.1, -0.05) is 18.2 Å². The molecule has 1 aromatic rings. The van der Waals surface area contributed by atoms with Gasteiger partial charge in [0, 0.05) is 5.69 Å². The van der Waals surface area contributed by atoms with Crippen molar-refractivity contribution < 1.29 is 2.82 Å². The van der Waals surface area contributed by atoms with Crippen LogP contribution in [0.5, 0.6) is 0 Å². The molecular weight excluding hydrogens is 98.1 g/mol. The molecule has 0 saturated heterocycles. The molecule has 0 aliphatic heterocycles. The van der Waals surface area contributed by atoms with Gasteiger partial charge in [0.05, 0.1) is 0 Å². The molecule has 0 amide bonds. The lowest BCUT2D eigenvalue weighted by Gasteiger charge is -1.93. The number of nitrogen functional groups attached to an aromatic ring is 1. The lowest BCUT2D eigenvalue weighted by atomic mass is 10.2. The topological polar surface area (TPSA) is 26.0 Å². The monoisotopic (exact) mass is 109 g/mol. The van der Waals surface area contributed by atoms with Crippen LogP contribution in [-0.4, -0.2) is 0 Å². The molecule has 0 heterocycles. The molecule has 0 unspecified atom stereocenters. The van der Waals surface area contributed by atoms with Crippen LogP contribution in [-0.2, 0) is 0 Å². The number of benzene rings is 1. The van der Waals surface area contributed by atoms with Gasteiger partial charge in [-0.15, -0.1) is 0 Å². The second kappa shape index (κ2) is 1.86. The molecule has 8 heavy (non-hydrogen) atoms. The Hall–Kier alpha value is -0.980. The van der Waals surface area contributed by atoms with Crippen molar-refractivity contribution in [1.29, 1.82) is 0 Å². The van der Waals surface area contributed by atoms with Crippen LogP contribution in [0.3, 0.4) is 0 Å². The van der Waals surface area contributed by atoms with Gasteiger partial charge in [-0.05, 0) is 18.6 Å². The van der Waals surface area contributed by atoms with E-state index in [1.54, 1.807) is 6.07 Å². The third-order valence-electron chi connectivity index (χ3n) is 1.12. The highest BCUT2D eigenvalue weighted by molar-refractivity contribution is 5.44. The van der Waals surface area contributed by atoms with E-state index in [9.17, 15) is 0 Å². The zero-order chi connectivity index (χ0) is 7.56. The quantitative estimate of drug-likeness (QED) is 0.544. The Morgan fingerprint density at radius 1 is 1.50 bits per heavy atom. The van der Waals surface area contributed by atoms with Gasteiger partial charge in [0.15, 0.2) is 2.82 Å². The molecule has 0 aromatic heterocycles. The van der Waals surface area contributed by atoms with Gasteiger partial charge < -0.3 is 5.72 Å². The molecule has 0 saturated carbocycles. The third-order valence-corrected chi connectivity index (χ3v) is 1.12. The van der Waals surface area contributed by atoms with E-state index in [1.807, 2.05) is 25.1 Å². The maximum absolute atomic E-state index is 6.96. The van der Waals surface area contributed by atoms with E-state index in [4.69, 9.17) is 2.82 Å². The SMILES string of the molecule is [2H]N([2H])c1ccccc1C. The van der Waals surface area contributed by atoms with E-state index >= 15 is 0 Å². The highest BCUT2D eigenvalue weighted by atomic mass is 14.5. The second-order valence-electron chi connectivity index (χ2n) is 1.79. The van der Waals surface area contributed by atoms with Gasteiger partial charge in [-0.3, -0.25) is 0 Å². The van der Waals surface area contributed by atoms with E-state index < -0.39 is 0 Å². The van der Waals surface area contributed by atoms with Gasteiger partial charge in [0.25, 0.3) is 0 Å². The predicted octanol–water partition coefficient (Wildman–Crippen LogP) is 1.58. The van der Waals surface area contributed by atoms with Crippen molar-refractivity contribution in [3.05, 3.63) is 29.8 Å². The van der Waals surface area contributed by atoms with Crippen molar-refractivity contribution in [3.8, 4) is 0 Å². The van der Waals surface area contributed by atoms with Crippen LogP contribution >= 0.6 is 0 Å². The van der Waals surface area contributed by atoms with Crippen LogP contribution in [0.25, 0.3) is 0 Å². The minimum Gasteiger partial charge on any atom is -0.399 e. The molecule has 0 spiro atoms. The molecule has 0 aliphatic rings. The fourth-order valence-electron chi connectivity index (χ4n) is 0.563. The lowest BCUT2D eigenvalue weighted by Crippen LogP contribution is -1.85. The van der Waals surface area contributed by atoms with Crippen molar-refractivity contribution in [1.82, 2.24) is 0 Å². The first kappa shape index (κ1) is 3.13. The Balaban J connectivity index is 3.03. The molecule has 0 fully saturated rings. The fourth-order valence-corrected chi connectivity index (χ4v) is 0.563. The number of hydrogen-bond acceptors (Lipinski definition) is 1. The van der Waals surface area contributed by atoms with Crippen LogP contribution in [0.2, 0.25) is 2.82 Å². The molecule has 1 aromatic carbocycles. The second-order valence-corrected chi connectivity index (χ2v) is 1.79. The van der Waals surface area contributed by atoms with Crippen LogP contribution < -0.4 is 5.72 Å². The molecule has 1 heteroatoms. The van der Waals surface area contributed by atoms with Gasteiger partial charge in [0.1, 0.15) is 0 Å². The van der Waals surface area contributed by atoms with E-state index in [0.29, 0.717) is 11.4 Å². The molecule has 1 nitrogen and oxygen atoms in total. The van der Waals surface area contributed by atoms with Crippen LogP contribution in [0, 0.1) is 6.92 Å². The molecule has 0 atom stereocenters. The van der Waals surface area contributed by atoms with Gasteiger partial charge in [-0.2, -0.15) is 0 Å². The summed E-state index contributed by atoms with van der Waals surface area (Å²) in [6, 6.07) is 7.33. The number of aryl methyl sites for hydroxylation is 1. The summed E-state index contributed by atoms with van der Waals surface area (Å²) < 4.78 is 13.9. The first-order chi connectivity index (χ1) is 4.72. The summed E-state index contributed by atoms with van der Waals surface area (Å²) >= 11 is 0. The molecule has 1 rings (SSSR count). The maximum Gasteiger partial charge on any atom is 0.156 e. The highest BCUT2D eigenvalue weighted by Crippen LogP contribution is 2.06. The van der Waals surface area contributed by atoms with Crippen LogP contribution in [0.4, 0.5) is 5.69 Å². The van der Waals surface area contributed by atoms with Crippen LogP contribution in [0.15, 0.2) is 24.3 Å². The molecule has 0 bridgehead atoms. The summed E-state index contributed by atoms with van der Waals surface area (Å²) in [6.07, 6.45) is 0. The van der Waals surface area contributed by atoms with Crippen molar-refractivity contribution in [2.45, 2.75) is 6.92 Å². The highest BCUT2D eigenvalue weighted by Gasteiger charge is 1.84. The van der Waals surface area contributed by atoms with E-state index in [2.05, 4.69) is 0 Å². The maximum atomic E-state index is 6.96. The summed E-state index contributed by atoms with van der Waals surface area (Å²) in [5.74, 6) is 0. The summed E-state index contributed by atoms with van der Waals surface area (Å²) in [7, 11) is 0. The minimum absolute atomic E-state index is 0.620. The summed E-state index contributed by atoms with van der Waals surface area (Å²) in [4.78, 5) is 0. The number of hydrogen-bond donors (Lipinski definition) is 1. The van der Waals surface area contributed by atoms with E-state index in [-0.39, 0.29) is 0 Å². The summed E-state index contributed by atoms with van der Waals surface area (Å²) in [5.41, 5.74) is 2.20. The summed E-state index contributed by atoms with van der Waals surface area (Å²) in [5, 5.41) is 0. The van der Waals surface area contributed by atoms with Crippen molar-refractivity contribution in [3.63, 3.8) is 0 Å². The molecule has 0 aliphatic carbocycles. The zero-order valence-corrected chi connectivity index (χ0v) is 4.76. The van der Waals surface area contributed by atoms with Crippen LogP contribution in [0.1, 0.15) is 5.56 Å². The number of rotatable bonds is 1. The molecular formula is C7H9N. The lowest BCUT2D eigenvalue weighted by molar-refractivity contribution is 1.47. The fraction of sp³-hybridized carbons (Fsp3) is 0.143. The van der Waals surface area contributed by atoms with E-state index in [0.717, 1.165) is 5.56 Å². The average Bonchev–Trinajstić information content (AvgIpc) is 1.88. The zero-order valence-electron chi connectivity index (χ0n) is 6.76. The molecule has 0 radical (unpaired) electrons. The minimum atomic E-state index is 0.620. The Morgan fingerprint density at radius 2 is 2.25 bits per heavy atom. The Kier molecular flexibility index (Phi) is 0.729. The van der Waals surface area contributed by atoms with Gasteiger partial charge in [0.2, 0.25) is 0 Å².